The molecule has 230 valence electrons. The fourth-order valence-corrected chi connectivity index (χ4v) is 5.15. The van der Waals surface area contributed by atoms with Crippen LogP contribution in [0.2, 0.25) is 0 Å². The molecule has 3 aromatic rings. The SMILES string of the molecule is C=CC(=O)OCCCCCCCCCCCCc1ccc2cc(-c3ccc(CCCCC)cc3OC(F)(F)F)oc2c1. The number of hydrogen-bond acceptors (Lipinski definition) is 4. The van der Waals surface area contributed by atoms with E-state index in [0.717, 1.165) is 55.9 Å². The molecule has 0 radical (unpaired) electrons. The molecule has 42 heavy (non-hydrogen) atoms. The highest BCUT2D eigenvalue weighted by Crippen LogP contribution is 2.38. The van der Waals surface area contributed by atoms with Gasteiger partial charge in [0, 0.05) is 11.5 Å². The van der Waals surface area contributed by atoms with Crippen molar-refractivity contribution in [3.8, 4) is 17.1 Å². The Kier molecular flexibility index (Phi) is 14.0. The minimum atomic E-state index is -4.78. The van der Waals surface area contributed by atoms with Gasteiger partial charge in [0.25, 0.3) is 0 Å². The zero-order valence-electron chi connectivity index (χ0n) is 24.9. The van der Waals surface area contributed by atoms with Crippen LogP contribution in [0, 0.1) is 0 Å². The number of furan rings is 1. The number of unbranched alkanes of at least 4 members (excludes halogenated alkanes) is 11. The lowest BCUT2D eigenvalue weighted by atomic mass is 10.0. The molecule has 0 saturated heterocycles. The molecule has 0 aliphatic carbocycles. The highest BCUT2D eigenvalue weighted by molar-refractivity contribution is 5.84. The van der Waals surface area contributed by atoms with Gasteiger partial charge in [0.2, 0.25) is 0 Å². The third-order valence-corrected chi connectivity index (χ3v) is 7.46. The monoisotopic (exact) mass is 586 g/mol. The molecule has 0 bridgehead atoms. The van der Waals surface area contributed by atoms with E-state index in [1.165, 1.54) is 62.7 Å². The van der Waals surface area contributed by atoms with Crippen LogP contribution in [0.4, 0.5) is 13.2 Å². The second-order valence-electron chi connectivity index (χ2n) is 11.0. The number of alkyl halides is 3. The summed E-state index contributed by atoms with van der Waals surface area (Å²) in [7, 11) is 0. The van der Waals surface area contributed by atoms with E-state index in [0.29, 0.717) is 29.9 Å². The molecule has 7 heteroatoms. The topological polar surface area (TPSA) is 48.7 Å². The zero-order chi connectivity index (χ0) is 30.2. The quantitative estimate of drug-likeness (QED) is 0.0751. The highest BCUT2D eigenvalue weighted by atomic mass is 19.4. The largest absolute Gasteiger partial charge is 0.573 e. The third kappa shape index (κ3) is 11.9. The standard InChI is InChI=1S/C35H45F3O4/c1-3-5-14-17-28-20-22-30(33(25-28)42-35(36,37)38)32-26-29-21-19-27(24-31(29)41-32)18-15-12-10-8-6-7-9-11-13-16-23-40-34(39)4-2/h4,19-22,24-26H,2-3,5-18,23H2,1H3. The molecule has 0 atom stereocenters. The molecule has 1 aromatic heterocycles. The molecular weight excluding hydrogens is 541 g/mol. The van der Waals surface area contributed by atoms with Gasteiger partial charge in [-0.1, -0.05) is 95.9 Å². The minimum absolute atomic E-state index is 0.220. The second-order valence-corrected chi connectivity index (χ2v) is 11.0. The van der Waals surface area contributed by atoms with Gasteiger partial charge in [-0.05, 0) is 67.5 Å². The van der Waals surface area contributed by atoms with Crippen molar-refractivity contribution < 1.29 is 31.9 Å². The van der Waals surface area contributed by atoms with Crippen LogP contribution in [0.5, 0.6) is 5.75 Å². The van der Waals surface area contributed by atoms with Crippen molar-refractivity contribution in [2.24, 2.45) is 0 Å². The lowest BCUT2D eigenvalue weighted by Crippen LogP contribution is -2.17. The first-order valence-electron chi connectivity index (χ1n) is 15.5. The van der Waals surface area contributed by atoms with Crippen LogP contribution >= 0.6 is 0 Å². The summed E-state index contributed by atoms with van der Waals surface area (Å²) < 4.78 is 55.0. The molecule has 2 aromatic carbocycles. The van der Waals surface area contributed by atoms with Crippen LogP contribution in [-0.2, 0) is 22.4 Å². The Morgan fingerprint density at radius 3 is 2.05 bits per heavy atom. The predicted molar refractivity (Wildman–Crippen MR) is 163 cm³/mol. The normalized spacial score (nSPS) is 11.6. The van der Waals surface area contributed by atoms with Gasteiger partial charge in [0.1, 0.15) is 17.1 Å². The fourth-order valence-electron chi connectivity index (χ4n) is 5.15. The lowest BCUT2D eigenvalue weighted by Gasteiger charge is -2.13. The van der Waals surface area contributed by atoms with Gasteiger partial charge in [-0.3, -0.25) is 0 Å². The molecule has 0 saturated carbocycles. The number of ether oxygens (including phenoxy) is 2. The molecule has 4 nitrogen and oxygen atoms in total. The molecular formula is C35H45F3O4. The minimum Gasteiger partial charge on any atom is -0.463 e. The summed E-state index contributed by atoms with van der Waals surface area (Å²) in [6, 6.07) is 12.9. The molecule has 0 aliphatic heterocycles. The summed E-state index contributed by atoms with van der Waals surface area (Å²) in [5, 5.41) is 0.858. The van der Waals surface area contributed by atoms with Gasteiger partial charge in [0.15, 0.2) is 0 Å². The number of carbonyl (C=O) groups is 1. The average Bonchev–Trinajstić information content (AvgIpc) is 3.38. The molecule has 0 spiro atoms. The van der Waals surface area contributed by atoms with Crippen molar-refractivity contribution in [1.29, 1.82) is 0 Å². The maximum absolute atomic E-state index is 13.2. The number of esters is 1. The molecule has 0 fully saturated rings. The number of halogens is 3. The van der Waals surface area contributed by atoms with E-state index in [4.69, 9.17) is 9.15 Å². The number of fused-ring (bicyclic) bond motifs is 1. The number of carbonyl (C=O) groups excluding carboxylic acids is 1. The molecule has 0 N–H and O–H groups in total. The van der Waals surface area contributed by atoms with Gasteiger partial charge in [-0.15, -0.1) is 13.2 Å². The Hall–Kier alpha value is -3.22. The Labute approximate surface area is 248 Å². The first kappa shape index (κ1) is 33.3. The summed E-state index contributed by atoms with van der Waals surface area (Å²) in [4.78, 5) is 11.0. The zero-order valence-corrected chi connectivity index (χ0v) is 24.9. The van der Waals surface area contributed by atoms with Gasteiger partial charge < -0.3 is 13.9 Å². The van der Waals surface area contributed by atoms with Crippen LogP contribution in [0.1, 0.15) is 102 Å². The molecule has 0 amide bonds. The lowest BCUT2D eigenvalue weighted by molar-refractivity contribution is -0.274. The Bertz CT molecular complexity index is 1240. The van der Waals surface area contributed by atoms with Gasteiger partial charge in [-0.2, -0.15) is 0 Å². The van der Waals surface area contributed by atoms with Crippen molar-refractivity contribution >= 4 is 16.9 Å². The van der Waals surface area contributed by atoms with Crippen LogP contribution < -0.4 is 4.74 Å². The molecule has 3 rings (SSSR count). The van der Waals surface area contributed by atoms with Crippen molar-refractivity contribution in [3.63, 3.8) is 0 Å². The van der Waals surface area contributed by atoms with Gasteiger partial charge in [0.05, 0.1) is 12.2 Å². The van der Waals surface area contributed by atoms with E-state index in [1.54, 1.807) is 12.1 Å². The first-order valence-corrected chi connectivity index (χ1v) is 15.5. The number of aryl methyl sites for hydroxylation is 2. The van der Waals surface area contributed by atoms with E-state index >= 15 is 0 Å². The second kappa shape index (κ2) is 17.7. The highest BCUT2D eigenvalue weighted by Gasteiger charge is 2.33. The van der Waals surface area contributed by atoms with E-state index in [-0.39, 0.29) is 11.7 Å². The summed E-state index contributed by atoms with van der Waals surface area (Å²) in [5.74, 6) is -0.197. The van der Waals surface area contributed by atoms with Crippen LogP contribution in [0.25, 0.3) is 22.3 Å². The van der Waals surface area contributed by atoms with Gasteiger partial charge >= 0.3 is 12.3 Å². The maximum atomic E-state index is 13.2. The average molecular weight is 587 g/mol. The van der Waals surface area contributed by atoms with Crippen molar-refractivity contribution in [1.82, 2.24) is 0 Å². The van der Waals surface area contributed by atoms with Crippen LogP contribution in [0.3, 0.4) is 0 Å². The predicted octanol–water partition coefficient (Wildman–Crippen LogP) is 10.9. The Balaban J connectivity index is 1.43. The maximum Gasteiger partial charge on any atom is 0.573 e. The van der Waals surface area contributed by atoms with E-state index in [1.807, 2.05) is 18.2 Å². The van der Waals surface area contributed by atoms with Crippen molar-refractivity contribution in [2.45, 2.75) is 110 Å². The summed E-state index contributed by atoms with van der Waals surface area (Å²) in [6.45, 7) is 5.95. The van der Waals surface area contributed by atoms with E-state index < -0.39 is 6.36 Å². The number of rotatable bonds is 20. The number of benzene rings is 2. The van der Waals surface area contributed by atoms with Crippen molar-refractivity contribution in [3.05, 3.63) is 66.2 Å². The smallest absolute Gasteiger partial charge is 0.463 e. The number of hydrogen-bond donors (Lipinski definition) is 0. The van der Waals surface area contributed by atoms with E-state index in [9.17, 15) is 18.0 Å². The van der Waals surface area contributed by atoms with Crippen LogP contribution in [0.15, 0.2) is 59.5 Å². The van der Waals surface area contributed by atoms with Crippen LogP contribution in [-0.4, -0.2) is 18.9 Å². The summed E-state index contributed by atoms with van der Waals surface area (Å²) >= 11 is 0. The molecule has 0 aliphatic rings. The van der Waals surface area contributed by atoms with Gasteiger partial charge in [-0.25, -0.2) is 4.79 Å². The van der Waals surface area contributed by atoms with E-state index in [2.05, 4.69) is 24.3 Å². The van der Waals surface area contributed by atoms with Crippen molar-refractivity contribution in [2.75, 3.05) is 6.61 Å². The molecule has 0 unspecified atom stereocenters. The summed E-state index contributed by atoms with van der Waals surface area (Å²) in [6.07, 6.45) is 12.6. The Morgan fingerprint density at radius 1 is 0.810 bits per heavy atom. The summed E-state index contributed by atoms with van der Waals surface area (Å²) in [5.41, 5.74) is 2.97. The third-order valence-electron chi connectivity index (χ3n) is 7.46. The first-order chi connectivity index (χ1) is 20.3. The Morgan fingerprint density at radius 2 is 1.40 bits per heavy atom. The molecule has 1 heterocycles. The fraction of sp³-hybridized carbons (Fsp3) is 0.514.